The molecule has 0 aliphatic carbocycles. The number of nitrogens with one attached hydrogen (secondary N) is 1. The second-order valence-corrected chi connectivity index (χ2v) is 6.07. The lowest BCUT2D eigenvalue weighted by atomic mass is 10.1. The van der Waals surface area contributed by atoms with Gasteiger partial charge in [-0.25, -0.2) is 0 Å². The van der Waals surface area contributed by atoms with Crippen molar-refractivity contribution in [3.05, 3.63) is 59.7 Å². The van der Waals surface area contributed by atoms with Crippen LogP contribution in [-0.2, 0) is 22.5 Å². The summed E-state index contributed by atoms with van der Waals surface area (Å²) in [6.45, 7) is 3.95. The van der Waals surface area contributed by atoms with Crippen molar-refractivity contribution >= 4 is 11.6 Å². The number of hydrogen-bond acceptors (Lipinski definition) is 4. The van der Waals surface area contributed by atoms with Gasteiger partial charge >= 0.3 is 0 Å². The molecule has 1 aliphatic rings. The van der Waals surface area contributed by atoms with Gasteiger partial charge in [0.1, 0.15) is 5.75 Å². The Bertz CT molecular complexity index is 694. The fourth-order valence-electron chi connectivity index (χ4n) is 2.88. The summed E-state index contributed by atoms with van der Waals surface area (Å²) >= 11 is 0. The number of methoxy groups -OCH3 is 1. The molecule has 1 amide bonds. The van der Waals surface area contributed by atoms with Gasteiger partial charge in [-0.05, 0) is 35.4 Å². The normalized spacial score (nSPS) is 14.2. The largest absolute Gasteiger partial charge is 0.497 e. The fraction of sp³-hybridized carbons (Fsp3) is 0.350. The van der Waals surface area contributed by atoms with Crippen LogP contribution < -0.4 is 15.0 Å². The van der Waals surface area contributed by atoms with Crippen molar-refractivity contribution in [1.29, 1.82) is 0 Å². The maximum atomic E-state index is 12.1. The van der Waals surface area contributed by atoms with Crippen LogP contribution in [-0.4, -0.2) is 39.3 Å². The minimum atomic E-state index is 0.00510. The monoisotopic (exact) mass is 340 g/mol. The van der Waals surface area contributed by atoms with Crippen molar-refractivity contribution < 1.29 is 14.3 Å². The van der Waals surface area contributed by atoms with Crippen LogP contribution in [0.15, 0.2) is 48.5 Å². The third kappa shape index (κ3) is 4.97. The van der Waals surface area contributed by atoms with E-state index in [-0.39, 0.29) is 5.91 Å². The topological polar surface area (TPSA) is 50.8 Å². The van der Waals surface area contributed by atoms with E-state index in [0.29, 0.717) is 13.0 Å². The van der Waals surface area contributed by atoms with E-state index in [9.17, 15) is 4.79 Å². The Kier molecular flexibility index (Phi) is 5.90. The average molecular weight is 340 g/mol. The Hall–Kier alpha value is -2.53. The van der Waals surface area contributed by atoms with Crippen LogP contribution in [0.25, 0.3) is 0 Å². The van der Waals surface area contributed by atoms with Gasteiger partial charge in [0.2, 0.25) is 5.91 Å². The molecule has 25 heavy (non-hydrogen) atoms. The molecule has 2 aromatic rings. The van der Waals surface area contributed by atoms with Crippen molar-refractivity contribution in [2.24, 2.45) is 0 Å². The van der Waals surface area contributed by atoms with Crippen molar-refractivity contribution in [3.8, 4) is 5.75 Å². The summed E-state index contributed by atoms with van der Waals surface area (Å²) in [4.78, 5) is 14.4. The van der Waals surface area contributed by atoms with Crippen molar-refractivity contribution in [3.63, 3.8) is 0 Å². The van der Waals surface area contributed by atoms with Crippen LogP contribution in [0.1, 0.15) is 11.1 Å². The molecule has 0 unspecified atom stereocenters. The molecule has 0 atom stereocenters. The zero-order chi connectivity index (χ0) is 17.5. The molecule has 1 saturated heterocycles. The lowest BCUT2D eigenvalue weighted by Gasteiger charge is -2.28. The standard InChI is InChI=1S/C20H24N2O3/c1-24-19-4-2-3-17(13-19)14-20(23)21-15-16-5-7-18(8-6-16)22-9-11-25-12-10-22/h2-8,13H,9-12,14-15H2,1H3,(H,21,23). The average Bonchev–Trinajstić information content (AvgIpc) is 2.67. The maximum absolute atomic E-state index is 12.1. The van der Waals surface area contributed by atoms with E-state index >= 15 is 0 Å². The molecule has 132 valence electrons. The number of ether oxygens (including phenoxy) is 2. The molecule has 5 heteroatoms. The van der Waals surface area contributed by atoms with Gasteiger partial charge in [-0.1, -0.05) is 24.3 Å². The summed E-state index contributed by atoms with van der Waals surface area (Å²) in [5.74, 6) is 0.773. The van der Waals surface area contributed by atoms with Crippen molar-refractivity contribution in [2.75, 3.05) is 38.3 Å². The second-order valence-electron chi connectivity index (χ2n) is 6.07. The first-order chi connectivity index (χ1) is 12.2. The van der Waals surface area contributed by atoms with Gasteiger partial charge in [0.25, 0.3) is 0 Å². The number of carbonyl (C=O) groups excluding carboxylic acids is 1. The number of hydrogen-bond donors (Lipinski definition) is 1. The highest BCUT2D eigenvalue weighted by Gasteiger charge is 2.11. The summed E-state index contributed by atoms with van der Waals surface area (Å²) < 4.78 is 10.6. The molecule has 1 heterocycles. The Morgan fingerprint density at radius 2 is 1.88 bits per heavy atom. The van der Waals surface area contributed by atoms with E-state index in [0.717, 1.165) is 43.2 Å². The highest BCUT2D eigenvalue weighted by atomic mass is 16.5. The molecule has 0 spiro atoms. The number of anilines is 1. The Morgan fingerprint density at radius 1 is 1.12 bits per heavy atom. The number of carbonyl (C=O) groups is 1. The van der Waals surface area contributed by atoms with Gasteiger partial charge in [-0.15, -0.1) is 0 Å². The Morgan fingerprint density at radius 3 is 2.60 bits per heavy atom. The minimum Gasteiger partial charge on any atom is -0.497 e. The van der Waals surface area contributed by atoms with Crippen molar-refractivity contribution in [1.82, 2.24) is 5.32 Å². The zero-order valence-corrected chi connectivity index (χ0v) is 14.5. The summed E-state index contributed by atoms with van der Waals surface area (Å²) in [5.41, 5.74) is 3.24. The minimum absolute atomic E-state index is 0.00510. The molecule has 0 bridgehead atoms. The first-order valence-corrected chi connectivity index (χ1v) is 8.56. The van der Waals surface area contributed by atoms with Gasteiger partial charge in [0, 0.05) is 25.3 Å². The van der Waals surface area contributed by atoms with Gasteiger partial charge in [-0.3, -0.25) is 4.79 Å². The van der Waals surface area contributed by atoms with E-state index in [1.807, 2.05) is 24.3 Å². The van der Waals surface area contributed by atoms with Crippen LogP contribution in [0.5, 0.6) is 5.75 Å². The van der Waals surface area contributed by atoms with Crippen LogP contribution in [0.4, 0.5) is 5.69 Å². The van der Waals surface area contributed by atoms with E-state index in [4.69, 9.17) is 9.47 Å². The maximum Gasteiger partial charge on any atom is 0.224 e. The number of amides is 1. The van der Waals surface area contributed by atoms with Crippen LogP contribution in [0.3, 0.4) is 0 Å². The number of rotatable bonds is 6. The molecule has 5 nitrogen and oxygen atoms in total. The molecule has 0 radical (unpaired) electrons. The molecule has 3 rings (SSSR count). The van der Waals surface area contributed by atoms with Gasteiger partial charge < -0.3 is 19.7 Å². The first kappa shape index (κ1) is 17.3. The second kappa shape index (κ2) is 8.53. The molecule has 0 aromatic heterocycles. The van der Waals surface area contributed by atoms with Crippen LogP contribution in [0.2, 0.25) is 0 Å². The van der Waals surface area contributed by atoms with Gasteiger partial charge in [0.15, 0.2) is 0 Å². The predicted molar refractivity (Wildman–Crippen MR) is 98.0 cm³/mol. The molecular weight excluding hydrogens is 316 g/mol. The smallest absolute Gasteiger partial charge is 0.224 e. The number of nitrogens with zero attached hydrogens (tertiary/aromatic N) is 1. The number of morpholine rings is 1. The predicted octanol–water partition coefficient (Wildman–Crippen LogP) is 2.39. The lowest BCUT2D eigenvalue weighted by Crippen LogP contribution is -2.36. The van der Waals surface area contributed by atoms with Gasteiger partial charge in [-0.2, -0.15) is 0 Å². The highest BCUT2D eigenvalue weighted by Crippen LogP contribution is 2.17. The summed E-state index contributed by atoms with van der Waals surface area (Å²) in [6, 6.07) is 15.9. The Balaban J connectivity index is 1.49. The third-order valence-electron chi connectivity index (χ3n) is 4.30. The first-order valence-electron chi connectivity index (χ1n) is 8.56. The molecule has 1 N–H and O–H groups in total. The van der Waals surface area contributed by atoms with E-state index in [1.165, 1.54) is 5.69 Å². The number of benzene rings is 2. The van der Waals surface area contributed by atoms with Crippen molar-refractivity contribution in [2.45, 2.75) is 13.0 Å². The SMILES string of the molecule is COc1cccc(CC(=O)NCc2ccc(N3CCOCC3)cc2)c1. The molecule has 2 aromatic carbocycles. The van der Waals surface area contributed by atoms with Crippen LogP contribution in [0, 0.1) is 0 Å². The Labute approximate surface area is 148 Å². The molecule has 1 aliphatic heterocycles. The van der Waals surface area contributed by atoms with E-state index < -0.39 is 0 Å². The third-order valence-corrected chi connectivity index (χ3v) is 4.30. The zero-order valence-electron chi connectivity index (χ0n) is 14.5. The quantitative estimate of drug-likeness (QED) is 0.877. The summed E-state index contributed by atoms with van der Waals surface area (Å²) in [7, 11) is 1.62. The fourth-order valence-corrected chi connectivity index (χ4v) is 2.88. The van der Waals surface area contributed by atoms with E-state index in [1.54, 1.807) is 7.11 Å². The molecule has 0 saturated carbocycles. The summed E-state index contributed by atoms with van der Waals surface area (Å²) in [5, 5.41) is 2.97. The van der Waals surface area contributed by atoms with E-state index in [2.05, 4.69) is 34.5 Å². The molecule has 1 fully saturated rings. The lowest BCUT2D eigenvalue weighted by molar-refractivity contribution is -0.120. The highest BCUT2D eigenvalue weighted by molar-refractivity contribution is 5.78. The summed E-state index contributed by atoms with van der Waals surface area (Å²) in [6.07, 6.45) is 0.350. The van der Waals surface area contributed by atoms with Crippen LogP contribution >= 0.6 is 0 Å². The molecular formula is C20H24N2O3. The van der Waals surface area contributed by atoms with Gasteiger partial charge in [0.05, 0.1) is 26.7 Å².